The van der Waals surface area contributed by atoms with Crippen LogP contribution in [0.2, 0.25) is 0 Å². The van der Waals surface area contributed by atoms with Crippen LogP contribution in [0, 0.1) is 0 Å². The summed E-state index contributed by atoms with van der Waals surface area (Å²) in [6.45, 7) is 0. The van der Waals surface area contributed by atoms with Crippen molar-refractivity contribution in [3.05, 3.63) is 199 Å². The van der Waals surface area contributed by atoms with Gasteiger partial charge in [-0.25, -0.2) is 0 Å². The first kappa shape index (κ1) is 29.8. The van der Waals surface area contributed by atoms with Gasteiger partial charge in [0.25, 0.3) is 0 Å². The molecule has 0 saturated heterocycles. The second kappa shape index (κ2) is 12.1. The molecular formula is C48H35NOS. The predicted octanol–water partition coefficient (Wildman–Crippen LogP) is 13.1. The molecule has 10 rings (SSSR count). The van der Waals surface area contributed by atoms with Gasteiger partial charge in [0.2, 0.25) is 0 Å². The van der Waals surface area contributed by atoms with Gasteiger partial charge in [-0.05, 0) is 117 Å². The smallest absolute Gasteiger partial charge is 0.135 e. The van der Waals surface area contributed by atoms with Crippen LogP contribution in [-0.2, 0) is 6.42 Å². The fraction of sp³-hybridized carbons (Fsp3) is 0.0417. The maximum absolute atomic E-state index is 6.15. The van der Waals surface area contributed by atoms with E-state index < -0.39 is 10.0 Å². The number of furan rings is 1. The van der Waals surface area contributed by atoms with Gasteiger partial charge >= 0.3 is 0 Å². The van der Waals surface area contributed by atoms with Crippen LogP contribution in [0.1, 0.15) is 11.3 Å². The number of fused-ring (bicyclic) bond motifs is 6. The molecule has 1 atom stereocenters. The number of rotatable bonds is 6. The molecule has 0 bridgehead atoms. The van der Waals surface area contributed by atoms with E-state index >= 15 is 0 Å². The highest BCUT2D eigenvalue weighted by Gasteiger charge is 2.40. The van der Waals surface area contributed by atoms with E-state index in [0.29, 0.717) is 0 Å². The molecule has 1 aliphatic carbocycles. The van der Waals surface area contributed by atoms with Crippen LogP contribution in [0.4, 0.5) is 0 Å². The van der Waals surface area contributed by atoms with Crippen LogP contribution in [0.5, 0.6) is 0 Å². The summed E-state index contributed by atoms with van der Waals surface area (Å²) >= 11 is 0. The molecule has 2 nitrogen and oxygen atoms in total. The average molecular weight is 674 g/mol. The Morgan fingerprint density at radius 3 is 1.78 bits per heavy atom. The van der Waals surface area contributed by atoms with Crippen molar-refractivity contribution >= 4 is 48.9 Å². The van der Waals surface area contributed by atoms with E-state index in [1.54, 1.807) is 0 Å². The summed E-state index contributed by atoms with van der Waals surface area (Å²) in [5.41, 5.74) is 9.39. The molecular weight excluding hydrogens is 639 g/mol. The Hall–Kier alpha value is -6.03. The molecule has 0 aliphatic heterocycles. The Labute approximate surface area is 299 Å². The van der Waals surface area contributed by atoms with Crippen molar-refractivity contribution in [1.29, 1.82) is 0 Å². The lowest BCUT2D eigenvalue weighted by atomic mass is 10.0. The molecule has 1 aliphatic rings. The number of para-hydroxylation sites is 3. The molecule has 0 fully saturated rings. The second-order valence-corrected chi connectivity index (χ2v) is 16.6. The SMILES string of the molecule is C1=CC(S(c2ccccc2)(c2ccccc2)c2ccc(-c3ccc4oc5ccccc5c4c3)cc2)Cc2c1n(-c1ccccc1)c1ccccc21. The molecule has 1 unspecified atom stereocenters. The zero-order valence-electron chi connectivity index (χ0n) is 28.0. The lowest BCUT2D eigenvalue weighted by molar-refractivity contribution is 0.669. The molecule has 0 spiro atoms. The van der Waals surface area contributed by atoms with Crippen molar-refractivity contribution in [2.75, 3.05) is 0 Å². The quantitative estimate of drug-likeness (QED) is 0.172. The zero-order valence-corrected chi connectivity index (χ0v) is 28.8. The summed E-state index contributed by atoms with van der Waals surface area (Å²) in [6, 6.07) is 66.5. The number of nitrogens with zero attached hydrogens (tertiary/aromatic N) is 1. The van der Waals surface area contributed by atoms with E-state index in [1.807, 2.05) is 12.1 Å². The first-order valence-corrected chi connectivity index (χ1v) is 19.3. The highest BCUT2D eigenvalue weighted by Crippen LogP contribution is 2.72. The van der Waals surface area contributed by atoms with Gasteiger partial charge in [0.15, 0.2) is 0 Å². The van der Waals surface area contributed by atoms with Crippen LogP contribution in [0.15, 0.2) is 207 Å². The van der Waals surface area contributed by atoms with Gasteiger partial charge in [-0.2, -0.15) is 10.0 Å². The van der Waals surface area contributed by atoms with E-state index in [-0.39, 0.29) is 5.25 Å². The largest absolute Gasteiger partial charge is 0.456 e. The maximum Gasteiger partial charge on any atom is 0.135 e. The van der Waals surface area contributed by atoms with Crippen LogP contribution < -0.4 is 0 Å². The maximum atomic E-state index is 6.15. The summed E-state index contributed by atoms with van der Waals surface area (Å²) in [5, 5.41) is 3.88. The molecule has 0 radical (unpaired) electrons. The topological polar surface area (TPSA) is 18.1 Å². The van der Waals surface area contributed by atoms with Crippen LogP contribution in [-0.4, -0.2) is 9.82 Å². The fourth-order valence-electron chi connectivity index (χ4n) is 8.25. The highest BCUT2D eigenvalue weighted by atomic mass is 32.3. The first-order chi connectivity index (χ1) is 25.3. The molecule has 0 saturated carbocycles. The minimum atomic E-state index is -1.77. The molecule has 2 heterocycles. The predicted molar refractivity (Wildman–Crippen MR) is 214 cm³/mol. The summed E-state index contributed by atoms with van der Waals surface area (Å²) in [7, 11) is -1.77. The highest BCUT2D eigenvalue weighted by molar-refractivity contribution is 8.34. The van der Waals surface area contributed by atoms with E-state index in [0.717, 1.165) is 28.4 Å². The van der Waals surface area contributed by atoms with E-state index in [2.05, 4.69) is 187 Å². The molecule has 9 aromatic rings. The summed E-state index contributed by atoms with van der Waals surface area (Å²) < 4.78 is 8.58. The molecule has 3 heteroatoms. The first-order valence-electron chi connectivity index (χ1n) is 17.6. The molecule has 7 aromatic carbocycles. The Bertz CT molecular complexity index is 2670. The van der Waals surface area contributed by atoms with E-state index in [4.69, 9.17) is 4.42 Å². The van der Waals surface area contributed by atoms with Crippen LogP contribution in [0.25, 0.3) is 55.7 Å². The van der Waals surface area contributed by atoms with E-state index in [1.165, 1.54) is 53.7 Å². The Balaban J connectivity index is 1.15. The summed E-state index contributed by atoms with van der Waals surface area (Å²) in [5.74, 6) is 0. The van der Waals surface area contributed by atoms with Crippen LogP contribution >= 0.6 is 10.0 Å². The van der Waals surface area contributed by atoms with Gasteiger partial charge in [0.1, 0.15) is 11.2 Å². The van der Waals surface area contributed by atoms with Gasteiger partial charge in [0, 0.05) is 32.8 Å². The van der Waals surface area contributed by atoms with Gasteiger partial charge < -0.3 is 8.98 Å². The monoisotopic (exact) mass is 673 g/mol. The number of hydrogen-bond acceptors (Lipinski definition) is 1. The van der Waals surface area contributed by atoms with Crippen molar-refractivity contribution in [3.63, 3.8) is 0 Å². The van der Waals surface area contributed by atoms with Crippen molar-refractivity contribution in [1.82, 2.24) is 4.57 Å². The Kier molecular flexibility index (Phi) is 7.07. The minimum Gasteiger partial charge on any atom is -0.456 e. The molecule has 51 heavy (non-hydrogen) atoms. The molecule has 2 aromatic heterocycles. The minimum absolute atomic E-state index is 0.240. The number of benzene rings is 7. The average Bonchev–Trinajstić information content (AvgIpc) is 3.75. The van der Waals surface area contributed by atoms with Gasteiger partial charge in [0.05, 0.1) is 5.52 Å². The van der Waals surface area contributed by atoms with Gasteiger partial charge in [-0.3, -0.25) is 0 Å². The lowest BCUT2D eigenvalue weighted by Gasteiger charge is -2.48. The van der Waals surface area contributed by atoms with E-state index in [9.17, 15) is 0 Å². The lowest BCUT2D eigenvalue weighted by Crippen LogP contribution is -2.23. The Morgan fingerprint density at radius 2 is 1.06 bits per heavy atom. The van der Waals surface area contributed by atoms with Crippen molar-refractivity contribution in [2.24, 2.45) is 0 Å². The number of aromatic nitrogens is 1. The van der Waals surface area contributed by atoms with Crippen molar-refractivity contribution < 1.29 is 4.42 Å². The molecule has 0 amide bonds. The fourth-order valence-corrected chi connectivity index (χ4v) is 12.6. The standard InChI is InChI=1S/C48H35NOS/c1-4-14-36(15-5-1)49-45-22-12-10-20-41(45)43-33-40(29-30-46(43)49)51(37-16-6-2-7-17-37,38-18-8-3-9-19-38)39-27-24-34(25-28-39)35-26-31-48-44(32-35)42-21-11-13-23-47(42)50-48/h1-32,40H,33H2. The van der Waals surface area contributed by atoms with Gasteiger partial charge in [-0.1, -0.05) is 115 Å². The third-order valence-corrected chi connectivity index (χ3v) is 14.8. The third kappa shape index (κ3) is 4.73. The third-order valence-electron chi connectivity index (χ3n) is 10.5. The summed E-state index contributed by atoms with van der Waals surface area (Å²) in [4.78, 5) is 4.11. The van der Waals surface area contributed by atoms with Crippen molar-refractivity contribution in [2.45, 2.75) is 26.4 Å². The van der Waals surface area contributed by atoms with Crippen molar-refractivity contribution in [3.8, 4) is 16.8 Å². The second-order valence-electron chi connectivity index (χ2n) is 13.3. The Morgan fingerprint density at radius 1 is 0.490 bits per heavy atom. The number of hydrogen-bond donors (Lipinski definition) is 0. The zero-order chi connectivity index (χ0) is 33.8. The normalized spacial score (nSPS) is 14.6. The van der Waals surface area contributed by atoms with Crippen LogP contribution in [0.3, 0.4) is 0 Å². The molecule has 244 valence electrons. The van der Waals surface area contributed by atoms with Gasteiger partial charge in [-0.15, -0.1) is 0 Å². The molecule has 0 N–H and O–H groups in total. The summed E-state index contributed by atoms with van der Waals surface area (Å²) in [6.07, 6.45) is 5.86.